The molecule has 126 valence electrons. The number of likely N-dealkylation sites (N-methyl/N-ethyl adjacent to an activating group) is 1. The van der Waals surface area contributed by atoms with E-state index in [0.29, 0.717) is 36.2 Å². The highest BCUT2D eigenvalue weighted by Gasteiger charge is 2.11. The van der Waals surface area contributed by atoms with E-state index in [0.717, 1.165) is 11.1 Å². The van der Waals surface area contributed by atoms with E-state index in [1.165, 1.54) is 6.08 Å². The summed E-state index contributed by atoms with van der Waals surface area (Å²) >= 11 is 6.20. The van der Waals surface area contributed by atoms with E-state index in [2.05, 4.69) is 6.58 Å². The number of halogens is 1. The van der Waals surface area contributed by atoms with Crippen molar-refractivity contribution in [2.45, 2.75) is 20.8 Å². The first-order valence-electron chi connectivity index (χ1n) is 7.54. The van der Waals surface area contributed by atoms with Crippen molar-refractivity contribution in [3.63, 3.8) is 0 Å². The third-order valence-corrected chi connectivity index (χ3v) is 3.39. The second-order valence-corrected chi connectivity index (χ2v) is 5.52. The standard InChI is InChI=1S/C18H24ClNO3/c1-6-20(12-13(3)4)17(21)9-8-14-10-15(19)18(22-5)16(11-14)23-7-2/h8-11H,3,6-7,12H2,1-2,4-5H3. The molecule has 0 aromatic heterocycles. The summed E-state index contributed by atoms with van der Waals surface area (Å²) in [6.07, 6.45) is 3.25. The maximum Gasteiger partial charge on any atom is 0.246 e. The van der Waals surface area contributed by atoms with Crippen molar-refractivity contribution < 1.29 is 14.3 Å². The molecule has 0 heterocycles. The summed E-state index contributed by atoms with van der Waals surface area (Å²) in [5, 5.41) is 0.444. The summed E-state index contributed by atoms with van der Waals surface area (Å²) in [6, 6.07) is 3.54. The van der Waals surface area contributed by atoms with Gasteiger partial charge in [-0.3, -0.25) is 4.79 Å². The van der Waals surface area contributed by atoms with Crippen LogP contribution in [0.5, 0.6) is 11.5 Å². The van der Waals surface area contributed by atoms with Crippen LogP contribution in [0, 0.1) is 0 Å². The topological polar surface area (TPSA) is 38.8 Å². The van der Waals surface area contributed by atoms with Crippen molar-refractivity contribution in [2.24, 2.45) is 0 Å². The number of rotatable bonds is 8. The van der Waals surface area contributed by atoms with Gasteiger partial charge in [0.2, 0.25) is 5.91 Å². The number of amides is 1. The summed E-state index contributed by atoms with van der Waals surface area (Å²) in [7, 11) is 1.54. The molecule has 5 heteroatoms. The summed E-state index contributed by atoms with van der Waals surface area (Å²) < 4.78 is 10.8. The molecule has 0 aliphatic carbocycles. The lowest BCUT2D eigenvalue weighted by atomic mass is 10.1. The highest BCUT2D eigenvalue weighted by Crippen LogP contribution is 2.36. The van der Waals surface area contributed by atoms with E-state index >= 15 is 0 Å². The minimum Gasteiger partial charge on any atom is -0.491 e. The minimum absolute atomic E-state index is 0.0691. The van der Waals surface area contributed by atoms with E-state index in [4.69, 9.17) is 21.1 Å². The molecule has 1 rings (SSSR count). The monoisotopic (exact) mass is 337 g/mol. The highest BCUT2D eigenvalue weighted by atomic mass is 35.5. The van der Waals surface area contributed by atoms with Crippen LogP contribution >= 0.6 is 11.6 Å². The van der Waals surface area contributed by atoms with Gasteiger partial charge in [-0.25, -0.2) is 0 Å². The Morgan fingerprint density at radius 1 is 1.39 bits per heavy atom. The molecule has 0 unspecified atom stereocenters. The zero-order valence-electron chi connectivity index (χ0n) is 14.2. The summed E-state index contributed by atoms with van der Waals surface area (Å²) in [4.78, 5) is 13.9. The molecule has 4 nitrogen and oxygen atoms in total. The van der Waals surface area contributed by atoms with Gasteiger partial charge in [-0.15, -0.1) is 0 Å². The molecule has 0 N–H and O–H groups in total. The van der Waals surface area contributed by atoms with Gasteiger partial charge in [0.1, 0.15) is 0 Å². The van der Waals surface area contributed by atoms with Crippen LogP contribution in [0.3, 0.4) is 0 Å². The van der Waals surface area contributed by atoms with Gasteiger partial charge in [0.05, 0.1) is 18.7 Å². The fourth-order valence-electron chi connectivity index (χ4n) is 2.09. The number of nitrogens with zero attached hydrogens (tertiary/aromatic N) is 1. The molecule has 0 atom stereocenters. The van der Waals surface area contributed by atoms with Gasteiger partial charge in [-0.2, -0.15) is 0 Å². The normalized spacial score (nSPS) is 10.7. The van der Waals surface area contributed by atoms with Crippen LogP contribution in [0.2, 0.25) is 5.02 Å². The fourth-order valence-corrected chi connectivity index (χ4v) is 2.39. The lowest BCUT2D eigenvalue weighted by molar-refractivity contribution is -0.125. The van der Waals surface area contributed by atoms with Crippen molar-refractivity contribution in [2.75, 3.05) is 26.8 Å². The molecule has 0 spiro atoms. The molecule has 0 saturated carbocycles. The van der Waals surface area contributed by atoms with Crippen molar-refractivity contribution in [1.82, 2.24) is 4.90 Å². The third-order valence-electron chi connectivity index (χ3n) is 3.11. The maximum atomic E-state index is 12.2. The Bertz CT molecular complexity index is 596. The molecular weight excluding hydrogens is 314 g/mol. The average molecular weight is 338 g/mol. The molecule has 0 saturated heterocycles. The Kier molecular flexibility index (Phi) is 7.69. The van der Waals surface area contributed by atoms with Crippen molar-refractivity contribution in [3.05, 3.63) is 40.9 Å². The van der Waals surface area contributed by atoms with Gasteiger partial charge in [-0.1, -0.05) is 23.8 Å². The SMILES string of the molecule is C=C(C)CN(CC)C(=O)C=Cc1cc(Cl)c(OC)c(OCC)c1. The Balaban J connectivity index is 2.99. The summed E-state index contributed by atoms with van der Waals surface area (Å²) in [5.74, 6) is 0.985. The Labute approximate surface area is 143 Å². The average Bonchev–Trinajstić information content (AvgIpc) is 2.50. The van der Waals surface area contributed by atoms with Gasteiger partial charge in [0.25, 0.3) is 0 Å². The molecule has 0 bridgehead atoms. The minimum atomic E-state index is -0.0691. The number of carbonyl (C=O) groups excluding carboxylic acids is 1. The predicted molar refractivity (Wildman–Crippen MR) is 95.3 cm³/mol. The number of hydrogen-bond donors (Lipinski definition) is 0. The molecular formula is C18H24ClNO3. The lowest BCUT2D eigenvalue weighted by Gasteiger charge is -2.19. The molecule has 0 aliphatic heterocycles. The van der Waals surface area contributed by atoms with Crippen LogP contribution < -0.4 is 9.47 Å². The molecule has 0 aliphatic rings. The van der Waals surface area contributed by atoms with Crippen LogP contribution in [0.4, 0.5) is 0 Å². The molecule has 0 radical (unpaired) electrons. The zero-order valence-corrected chi connectivity index (χ0v) is 14.9. The van der Waals surface area contributed by atoms with Crippen LogP contribution in [-0.2, 0) is 4.79 Å². The maximum absolute atomic E-state index is 12.2. The van der Waals surface area contributed by atoms with Crippen molar-refractivity contribution in [3.8, 4) is 11.5 Å². The molecule has 23 heavy (non-hydrogen) atoms. The van der Waals surface area contributed by atoms with Gasteiger partial charge >= 0.3 is 0 Å². The van der Waals surface area contributed by atoms with Gasteiger partial charge < -0.3 is 14.4 Å². The quantitative estimate of drug-likeness (QED) is 0.527. The molecule has 1 aromatic rings. The Morgan fingerprint density at radius 2 is 2.09 bits per heavy atom. The van der Waals surface area contributed by atoms with E-state index in [-0.39, 0.29) is 5.91 Å². The predicted octanol–water partition coefficient (Wildman–Crippen LogP) is 4.19. The lowest BCUT2D eigenvalue weighted by Crippen LogP contribution is -2.30. The zero-order chi connectivity index (χ0) is 17.4. The van der Waals surface area contributed by atoms with Gasteiger partial charge in [0, 0.05) is 19.2 Å². The first-order chi connectivity index (χ1) is 10.9. The van der Waals surface area contributed by atoms with E-state index in [1.807, 2.05) is 20.8 Å². The first-order valence-corrected chi connectivity index (χ1v) is 7.92. The molecule has 0 fully saturated rings. The Hall–Kier alpha value is -1.94. The van der Waals surface area contributed by atoms with E-state index < -0.39 is 0 Å². The number of ether oxygens (including phenoxy) is 2. The molecule has 1 amide bonds. The smallest absolute Gasteiger partial charge is 0.246 e. The van der Waals surface area contributed by atoms with E-state index in [1.54, 1.807) is 30.2 Å². The highest BCUT2D eigenvalue weighted by molar-refractivity contribution is 6.32. The van der Waals surface area contributed by atoms with Gasteiger partial charge in [0.15, 0.2) is 11.5 Å². The van der Waals surface area contributed by atoms with Crippen molar-refractivity contribution in [1.29, 1.82) is 0 Å². The third kappa shape index (κ3) is 5.64. The van der Waals surface area contributed by atoms with Gasteiger partial charge in [-0.05, 0) is 44.5 Å². The van der Waals surface area contributed by atoms with Crippen LogP contribution in [0.25, 0.3) is 6.08 Å². The van der Waals surface area contributed by atoms with Crippen LogP contribution in [0.15, 0.2) is 30.4 Å². The van der Waals surface area contributed by atoms with Crippen LogP contribution in [-0.4, -0.2) is 37.6 Å². The van der Waals surface area contributed by atoms with E-state index in [9.17, 15) is 4.79 Å². The number of methoxy groups -OCH3 is 1. The second kappa shape index (κ2) is 9.26. The largest absolute Gasteiger partial charge is 0.491 e. The number of benzene rings is 1. The number of hydrogen-bond acceptors (Lipinski definition) is 3. The summed E-state index contributed by atoms with van der Waals surface area (Å²) in [6.45, 7) is 11.2. The fraction of sp³-hybridized carbons (Fsp3) is 0.389. The second-order valence-electron chi connectivity index (χ2n) is 5.11. The van der Waals surface area contributed by atoms with Crippen LogP contribution in [0.1, 0.15) is 26.3 Å². The van der Waals surface area contributed by atoms with Crippen molar-refractivity contribution >= 4 is 23.6 Å². The first kappa shape index (κ1) is 19.1. The summed E-state index contributed by atoms with van der Waals surface area (Å²) in [5.41, 5.74) is 1.72. The molecule has 1 aromatic carbocycles. The number of carbonyl (C=O) groups is 1. The Morgan fingerprint density at radius 3 is 2.61 bits per heavy atom.